The van der Waals surface area contributed by atoms with Gasteiger partial charge in [-0.1, -0.05) is 23.7 Å². The van der Waals surface area contributed by atoms with Gasteiger partial charge in [0.15, 0.2) is 0 Å². The molecule has 0 spiro atoms. The summed E-state index contributed by atoms with van der Waals surface area (Å²) in [5.41, 5.74) is 1.69. The van der Waals surface area contributed by atoms with Gasteiger partial charge in [-0.3, -0.25) is 0 Å². The molecule has 1 heterocycles. The van der Waals surface area contributed by atoms with E-state index >= 15 is 0 Å². The summed E-state index contributed by atoms with van der Waals surface area (Å²) < 4.78 is 0. The van der Waals surface area contributed by atoms with Gasteiger partial charge in [-0.05, 0) is 29.8 Å². The molecule has 2 rings (SSSR count). The number of aromatic nitrogens is 2. The number of aliphatic hydroxyl groups excluding tert-OH is 1. The molecule has 1 atom stereocenters. The highest BCUT2D eigenvalue weighted by Crippen LogP contribution is 2.15. The Morgan fingerprint density at radius 3 is 2.67 bits per heavy atom. The topological polar surface area (TPSA) is 58.0 Å². The molecule has 0 fully saturated rings. The number of halogens is 1. The predicted octanol–water partition coefficient (Wildman–Crippen LogP) is 1.95. The normalized spacial score (nSPS) is 12.3. The number of hydrogen-bond donors (Lipinski definition) is 2. The van der Waals surface area contributed by atoms with E-state index in [1.807, 2.05) is 24.3 Å². The van der Waals surface area contributed by atoms with Gasteiger partial charge in [0.2, 0.25) is 0 Å². The molecule has 0 aliphatic carbocycles. The van der Waals surface area contributed by atoms with E-state index in [2.05, 4.69) is 15.5 Å². The average molecular weight is 264 g/mol. The molecule has 1 unspecified atom stereocenters. The van der Waals surface area contributed by atoms with E-state index in [4.69, 9.17) is 11.6 Å². The van der Waals surface area contributed by atoms with Crippen molar-refractivity contribution in [1.82, 2.24) is 15.5 Å². The lowest BCUT2D eigenvalue weighted by Gasteiger charge is -2.11. The predicted molar refractivity (Wildman–Crippen MR) is 70.2 cm³/mol. The molecular formula is C13H14ClN3O. The lowest BCUT2D eigenvalue weighted by atomic mass is 10.1. The Bertz CT molecular complexity index is 475. The van der Waals surface area contributed by atoms with Crippen molar-refractivity contribution >= 4 is 11.6 Å². The molecule has 0 saturated heterocycles. The van der Waals surface area contributed by atoms with E-state index in [1.165, 1.54) is 0 Å². The molecule has 2 N–H and O–H groups in total. The Morgan fingerprint density at radius 2 is 2.00 bits per heavy atom. The van der Waals surface area contributed by atoms with Gasteiger partial charge in [-0.2, -0.15) is 10.2 Å². The molecule has 94 valence electrons. The van der Waals surface area contributed by atoms with Gasteiger partial charge < -0.3 is 10.4 Å². The zero-order valence-corrected chi connectivity index (χ0v) is 10.5. The first kappa shape index (κ1) is 13.0. The SMILES string of the molecule is OC(CNCc1cccnn1)c1ccc(Cl)cc1. The van der Waals surface area contributed by atoms with Gasteiger partial charge >= 0.3 is 0 Å². The van der Waals surface area contributed by atoms with Crippen LogP contribution in [0.15, 0.2) is 42.6 Å². The van der Waals surface area contributed by atoms with Crippen molar-refractivity contribution in [1.29, 1.82) is 0 Å². The third kappa shape index (κ3) is 3.77. The van der Waals surface area contributed by atoms with Crippen LogP contribution in [0.4, 0.5) is 0 Å². The summed E-state index contributed by atoms with van der Waals surface area (Å²) in [5.74, 6) is 0. The Morgan fingerprint density at radius 1 is 1.22 bits per heavy atom. The summed E-state index contributed by atoms with van der Waals surface area (Å²) in [6, 6.07) is 10.9. The second kappa shape index (κ2) is 6.44. The number of nitrogens with one attached hydrogen (secondary N) is 1. The van der Waals surface area contributed by atoms with Crippen molar-refractivity contribution in [3.05, 3.63) is 58.9 Å². The number of nitrogens with zero attached hydrogens (tertiary/aromatic N) is 2. The third-order valence-electron chi connectivity index (χ3n) is 2.53. The first-order chi connectivity index (χ1) is 8.75. The number of benzene rings is 1. The fraction of sp³-hybridized carbons (Fsp3) is 0.231. The molecule has 2 aromatic rings. The fourth-order valence-electron chi connectivity index (χ4n) is 1.57. The summed E-state index contributed by atoms with van der Waals surface area (Å²) in [6.45, 7) is 1.04. The molecule has 0 aliphatic rings. The van der Waals surface area contributed by atoms with Crippen molar-refractivity contribution in [2.45, 2.75) is 12.6 Å². The first-order valence-electron chi connectivity index (χ1n) is 5.66. The maximum atomic E-state index is 9.95. The van der Waals surface area contributed by atoms with Crippen LogP contribution in [0, 0.1) is 0 Å². The largest absolute Gasteiger partial charge is 0.387 e. The highest BCUT2D eigenvalue weighted by molar-refractivity contribution is 6.30. The standard InChI is InChI=1S/C13H14ClN3O/c14-11-5-3-10(4-6-11)13(18)9-15-8-12-2-1-7-16-17-12/h1-7,13,15,18H,8-9H2. The van der Waals surface area contributed by atoms with Crippen LogP contribution in [0.1, 0.15) is 17.4 Å². The Kier molecular flexibility index (Phi) is 4.64. The molecule has 1 aromatic carbocycles. The maximum absolute atomic E-state index is 9.95. The van der Waals surface area contributed by atoms with Crippen LogP contribution >= 0.6 is 11.6 Å². The van der Waals surface area contributed by atoms with Crippen molar-refractivity contribution in [2.75, 3.05) is 6.54 Å². The third-order valence-corrected chi connectivity index (χ3v) is 2.78. The molecule has 18 heavy (non-hydrogen) atoms. The summed E-state index contributed by atoms with van der Waals surface area (Å²) in [4.78, 5) is 0. The van der Waals surface area contributed by atoms with E-state index in [1.54, 1.807) is 18.3 Å². The minimum atomic E-state index is -0.557. The van der Waals surface area contributed by atoms with E-state index in [0.29, 0.717) is 18.1 Å². The Hall–Kier alpha value is -1.49. The van der Waals surface area contributed by atoms with Crippen molar-refractivity contribution in [2.24, 2.45) is 0 Å². The van der Waals surface area contributed by atoms with Crippen LogP contribution in [0.3, 0.4) is 0 Å². The zero-order valence-electron chi connectivity index (χ0n) is 9.75. The van der Waals surface area contributed by atoms with Crippen molar-refractivity contribution in [3.63, 3.8) is 0 Å². The molecule has 0 saturated carbocycles. The molecule has 4 nitrogen and oxygen atoms in total. The maximum Gasteiger partial charge on any atom is 0.0914 e. The van der Waals surface area contributed by atoms with Gasteiger partial charge in [0.05, 0.1) is 11.8 Å². The number of hydrogen-bond acceptors (Lipinski definition) is 4. The van der Waals surface area contributed by atoms with Gasteiger partial charge in [0, 0.05) is 24.3 Å². The van der Waals surface area contributed by atoms with E-state index < -0.39 is 6.10 Å². The molecule has 1 aromatic heterocycles. The van der Waals surface area contributed by atoms with Gasteiger partial charge in [0.1, 0.15) is 0 Å². The van der Waals surface area contributed by atoms with Crippen LogP contribution in [-0.4, -0.2) is 21.8 Å². The average Bonchev–Trinajstić information content (AvgIpc) is 2.40. The van der Waals surface area contributed by atoms with Crippen LogP contribution in [-0.2, 0) is 6.54 Å². The first-order valence-corrected chi connectivity index (χ1v) is 6.04. The van der Waals surface area contributed by atoms with Gasteiger partial charge in [-0.25, -0.2) is 0 Å². The summed E-state index contributed by atoms with van der Waals surface area (Å²) in [5, 5.41) is 21.5. The van der Waals surface area contributed by atoms with Crippen LogP contribution in [0.5, 0.6) is 0 Å². The zero-order chi connectivity index (χ0) is 12.8. The smallest absolute Gasteiger partial charge is 0.0914 e. The van der Waals surface area contributed by atoms with Crippen LogP contribution in [0.25, 0.3) is 0 Å². The second-order valence-corrected chi connectivity index (χ2v) is 4.35. The molecule has 0 bridgehead atoms. The summed E-state index contributed by atoms with van der Waals surface area (Å²) >= 11 is 5.79. The summed E-state index contributed by atoms with van der Waals surface area (Å²) in [7, 11) is 0. The van der Waals surface area contributed by atoms with Crippen molar-refractivity contribution < 1.29 is 5.11 Å². The van der Waals surface area contributed by atoms with E-state index in [0.717, 1.165) is 11.3 Å². The minimum Gasteiger partial charge on any atom is -0.387 e. The highest BCUT2D eigenvalue weighted by atomic mass is 35.5. The fourth-order valence-corrected chi connectivity index (χ4v) is 1.69. The number of aliphatic hydroxyl groups is 1. The quantitative estimate of drug-likeness (QED) is 0.866. The van der Waals surface area contributed by atoms with Crippen molar-refractivity contribution in [3.8, 4) is 0 Å². The van der Waals surface area contributed by atoms with Crippen LogP contribution < -0.4 is 5.32 Å². The van der Waals surface area contributed by atoms with E-state index in [9.17, 15) is 5.11 Å². The lowest BCUT2D eigenvalue weighted by molar-refractivity contribution is 0.174. The number of rotatable bonds is 5. The summed E-state index contributed by atoms with van der Waals surface area (Å²) in [6.07, 6.45) is 1.07. The molecule has 0 aliphatic heterocycles. The van der Waals surface area contributed by atoms with Gasteiger partial charge in [0.25, 0.3) is 0 Å². The minimum absolute atomic E-state index is 0.457. The Balaban J connectivity index is 1.81. The van der Waals surface area contributed by atoms with Gasteiger partial charge in [-0.15, -0.1) is 0 Å². The lowest BCUT2D eigenvalue weighted by Crippen LogP contribution is -2.21. The van der Waals surface area contributed by atoms with E-state index in [-0.39, 0.29) is 0 Å². The van der Waals surface area contributed by atoms with Crippen LogP contribution in [0.2, 0.25) is 5.02 Å². The second-order valence-electron chi connectivity index (χ2n) is 3.91. The highest BCUT2D eigenvalue weighted by Gasteiger charge is 2.06. The molecular weight excluding hydrogens is 250 g/mol. The molecule has 5 heteroatoms. The Labute approximate surface area is 111 Å². The molecule has 0 amide bonds. The monoisotopic (exact) mass is 263 g/mol. The molecule has 0 radical (unpaired) electrons.